The van der Waals surface area contributed by atoms with Gasteiger partial charge in [0.25, 0.3) is 0 Å². The summed E-state index contributed by atoms with van der Waals surface area (Å²) in [5.41, 5.74) is 3.80. The Hall–Kier alpha value is -3.21. The maximum atomic E-state index is 13.4. The Labute approximate surface area is 176 Å². The van der Waals surface area contributed by atoms with Gasteiger partial charge >= 0.3 is 5.97 Å². The predicted molar refractivity (Wildman–Crippen MR) is 115 cm³/mol. The van der Waals surface area contributed by atoms with Crippen molar-refractivity contribution in [2.45, 2.75) is 38.5 Å². The Kier molecular flexibility index (Phi) is 5.53. The molecule has 2 aliphatic rings. The molecule has 0 spiro atoms. The summed E-state index contributed by atoms with van der Waals surface area (Å²) in [6.45, 7) is 3.83. The summed E-state index contributed by atoms with van der Waals surface area (Å²) in [5, 5.41) is 10.0. The van der Waals surface area contributed by atoms with Crippen molar-refractivity contribution >= 4 is 17.5 Å². The highest BCUT2D eigenvalue weighted by Gasteiger charge is 2.44. The molecule has 2 aromatic rings. The molecule has 0 amide bonds. The fraction of sp³-hybridized carbons (Fsp3) is 0.320. The number of phenols is 1. The summed E-state index contributed by atoms with van der Waals surface area (Å²) in [7, 11) is 0. The van der Waals surface area contributed by atoms with Crippen LogP contribution >= 0.6 is 0 Å². The molecule has 1 N–H and O–H groups in total. The minimum atomic E-state index is -0.678. The van der Waals surface area contributed by atoms with Crippen molar-refractivity contribution in [3.8, 4) is 5.75 Å². The van der Waals surface area contributed by atoms with Crippen molar-refractivity contribution < 1.29 is 19.4 Å². The number of aliphatic imine (C=N–C) groups is 1. The van der Waals surface area contributed by atoms with Crippen LogP contribution in [0, 0.1) is 5.92 Å². The van der Waals surface area contributed by atoms with E-state index in [0.29, 0.717) is 24.1 Å². The summed E-state index contributed by atoms with van der Waals surface area (Å²) in [6, 6.07) is 16.8. The molecule has 30 heavy (non-hydrogen) atoms. The summed E-state index contributed by atoms with van der Waals surface area (Å²) < 4.78 is 5.32. The largest absolute Gasteiger partial charge is 0.508 e. The number of nitrogens with zero attached hydrogens (tertiary/aromatic N) is 1. The van der Waals surface area contributed by atoms with Crippen LogP contribution in [0.5, 0.6) is 5.75 Å². The number of esters is 1. The molecule has 1 unspecified atom stereocenters. The monoisotopic (exact) mass is 403 g/mol. The van der Waals surface area contributed by atoms with Crippen LogP contribution in [0.25, 0.3) is 0 Å². The van der Waals surface area contributed by atoms with Gasteiger partial charge in [-0.1, -0.05) is 42.5 Å². The lowest BCUT2D eigenvalue weighted by molar-refractivity contribution is -0.146. The van der Waals surface area contributed by atoms with Crippen LogP contribution in [0.1, 0.15) is 49.7 Å². The highest BCUT2D eigenvalue weighted by molar-refractivity contribution is 6.09. The van der Waals surface area contributed by atoms with Crippen LogP contribution < -0.4 is 0 Å². The van der Waals surface area contributed by atoms with Crippen LogP contribution in [0.4, 0.5) is 0 Å². The number of carbonyl (C=O) groups is 2. The van der Waals surface area contributed by atoms with Crippen molar-refractivity contribution in [1.82, 2.24) is 0 Å². The van der Waals surface area contributed by atoms with Crippen molar-refractivity contribution in [3.05, 3.63) is 77.0 Å². The molecule has 0 fully saturated rings. The van der Waals surface area contributed by atoms with E-state index in [2.05, 4.69) is 0 Å². The Morgan fingerprint density at radius 3 is 2.53 bits per heavy atom. The van der Waals surface area contributed by atoms with Gasteiger partial charge in [-0.2, -0.15) is 0 Å². The van der Waals surface area contributed by atoms with Gasteiger partial charge in [0, 0.05) is 29.3 Å². The smallest absolute Gasteiger partial charge is 0.315 e. The zero-order valence-corrected chi connectivity index (χ0v) is 17.2. The highest BCUT2D eigenvalue weighted by atomic mass is 16.5. The average molecular weight is 403 g/mol. The second-order valence-corrected chi connectivity index (χ2v) is 7.85. The molecular formula is C25H25NO4. The molecule has 0 bridgehead atoms. The van der Waals surface area contributed by atoms with E-state index in [9.17, 15) is 14.7 Å². The Balaban J connectivity index is 1.81. The molecule has 0 saturated heterocycles. The molecule has 1 heterocycles. The van der Waals surface area contributed by atoms with E-state index in [-0.39, 0.29) is 24.1 Å². The Morgan fingerprint density at radius 2 is 1.83 bits per heavy atom. The summed E-state index contributed by atoms with van der Waals surface area (Å²) in [4.78, 5) is 30.9. The molecule has 5 heteroatoms. The van der Waals surface area contributed by atoms with Gasteiger partial charge in [0.2, 0.25) is 0 Å². The molecule has 3 atom stereocenters. The topological polar surface area (TPSA) is 76.0 Å². The van der Waals surface area contributed by atoms with Gasteiger partial charge in [-0.15, -0.1) is 0 Å². The number of hydrogen-bond acceptors (Lipinski definition) is 5. The van der Waals surface area contributed by atoms with Gasteiger partial charge < -0.3 is 9.84 Å². The molecule has 0 saturated carbocycles. The van der Waals surface area contributed by atoms with E-state index < -0.39 is 17.8 Å². The number of phenolic OH excluding ortho intramolecular Hbond substituents is 1. The van der Waals surface area contributed by atoms with Crippen LogP contribution in [0.2, 0.25) is 0 Å². The molecule has 0 radical (unpaired) electrons. The SMILES string of the molecule is CCOC(=O)C1C(C)=NC2=C(C(=O)C[C@H](c3ccccc3)C2)[C@H]1c1cccc(O)c1. The third kappa shape index (κ3) is 3.67. The molecule has 2 aromatic carbocycles. The number of ketones is 1. The Bertz CT molecular complexity index is 1040. The van der Waals surface area contributed by atoms with Crippen molar-refractivity contribution in [3.63, 3.8) is 0 Å². The summed E-state index contributed by atoms with van der Waals surface area (Å²) in [5.74, 6) is -1.41. The first-order chi connectivity index (χ1) is 14.5. The molecule has 154 valence electrons. The summed E-state index contributed by atoms with van der Waals surface area (Å²) in [6.07, 6.45) is 1.02. The number of rotatable bonds is 4. The molecule has 1 aliphatic carbocycles. The highest BCUT2D eigenvalue weighted by Crippen LogP contribution is 2.47. The van der Waals surface area contributed by atoms with Gasteiger partial charge in [0.1, 0.15) is 11.7 Å². The minimum absolute atomic E-state index is 0.00370. The third-order valence-corrected chi connectivity index (χ3v) is 5.93. The fourth-order valence-electron chi connectivity index (χ4n) is 4.64. The fourth-order valence-corrected chi connectivity index (χ4v) is 4.64. The van der Waals surface area contributed by atoms with E-state index in [4.69, 9.17) is 9.73 Å². The van der Waals surface area contributed by atoms with Crippen LogP contribution in [0.3, 0.4) is 0 Å². The number of aromatic hydroxyl groups is 1. The molecule has 5 nitrogen and oxygen atoms in total. The second kappa shape index (κ2) is 8.27. The number of Topliss-reactive ketones (excluding diaryl/α,β-unsaturated/α-hetero) is 1. The zero-order valence-electron chi connectivity index (χ0n) is 17.2. The lowest BCUT2D eigenvalue weighted by atomic mass is 9.69. The lowest BCUT2D eigenvalue weighted by Crippen LogP contribution is -2.38. The first-order valence-electron chi connectivity index (χ1n) is 10.3. The predicted octanol–water partition coefficient (Wildman–Crippen LogP) is 4.53. The van der Waals surface area contributed by atoms with Crippen LogP contribution in [-0.2, 0) is 14.3 Å². The summed E-state index contributed by atoms with van der Waals surface area (Å²) >= 11 is 0. The lowest BCUT2D eigenvalue weighted by Gasteiger charge is -2.36. The van der Waals surface area contributed by atoms with Gasteiger partial charge in [-0.25, -0.2) is 0 Å². The van der Waals surface area contributed by atoms with Gasteiger partial charge in [0.05, 0.1) is 6.61 Å². The first kappa shape index (κ1) is 20.1. The number of benzene rings is 2. The average Bonchev–Trinajstić information content (AvgIpc) is 2.73. The standard InChI is InChI=1S/C25H25NO4/c1-3-30-25(29)22-15(2)26-20-13-18(16-8-5-4-6-9-16)14-21(28)24(20)23(22)17-10-7-11-19(27)12-17/h4-12,18,22-23,27H,3,13-14H2,1-2H3/t18-,22?,23+/m1/s1. The Morgan fingerprint density at radius 1 is 1.10 bits per heavy atom. The van der Waals surface area contributed by atoms with Gasteiger partial charge in [-0.3, -0.25) is 14.6 Å². The molecular weight excluding hydrogens is 378 g/mol. The third-order valence-electron chi connectivity index (χ3n) is 5.93. The molecule has 4 rings (SSSR count). The van der Waals surface area contributed by atoms with E-state index in [1.54, 1.807) is 25.1 Å². The number of ether oxygens (including phenoxy) is 1. The normalized spacial score (nSPS) is 23.6. The first-order valence-corrected chi connectivity index (χ1v) is 10.3. The number of carbonyl (C=O) groups excluding carboxylic acids is 2. The quantitative estimate of drug-likeness (QED) is 0.761. The molecule has 0 aromatic heterocycles. The van der Waals surface area contributed by atoms with Crippen molar-refractivity contribution in [2.24, 2.45) is 10.9 Å². The van der Waals surface area contributed by atoms with Gasteiger partial charge in [-0.05, 0) is 49.4 Å². The van der Waals surface area contributed by atoms with Crippen LogP contribution in [-0.4, -0.2) is 29.2 Å². The number of hydrogen-bond donors (Lipinski definition) is 1. The van der Waals surface area contributed by atoms with Crippen molar-refractivity contribution in [1.29, 1.82) is 0 Å². The van der Waals surface area contributed by atoms with E-state index in [1.807, 2.05) is 43.3 Å². The maximum Gasteiger partial charge on any atom is 0.315 e. The van der Waals surface area contributed by atoms with E-state index in [0.717, 1.165) is 16.8 Å². The maximum absolute atomic E-state index is 13.4. The van der Waals surface area contributed by atoms with Gasteiger partial charge in [0.15, 0.2) is 5.78 Å². The van der Waals surface area contributed by atoms with E-state index >= 15 is 0 Å². The second-order valence-electron chi connectivity index (χ2n) is 7.85. The van der Waals surface area contributed by atoms with Crippen molar-refractivity contribution in [2.75, 3.05) is 6.61 Å². The van der Waals surface area contributed by atoms with E-state index in [1.165, 1.54) is 0 Å². The number of allylic oxidation sites excluding steroid dienone is 2. The minimum Gasteiger partial charge on any atom is -0.508 e. The molecule has 1 aliphatic heterocycles. The van der Waals surface area contributed by atoms with Crippen LogP contribution in [0.15, 0.2) is 70.9 Å². The zero-order chi connectivity index (χ0) is 21.3.